The van der Waals surface area contributed by atoms with E-state index < -0.39 is 29.9 Å². The minimum atomic E-state index is -4.96. The molecule has 9 heteroatoms. The minimum absolute atomic E-state index is 0.134. The lowest BCUT2D eigenvalue weighted by atomic mass is 9.97. The summed E-state index contributed by atoms with van der Waals surface area (Å²) in [6.07, 6.45) is -4.27. The quantitative estimate of drug-likeness (QED) is 0.710. The molecule has 1 rings (SSSR count). The molecule has 0 aromatic rings. The number of alkyl halides is 3. The highest BCUT2D eigenvalue weighted by Gasteiger charge is 2.38. The van der Waals surface area contributed by atoms with Crippen LogP contribution in [0.5, 0.6) is 0 Å². The van der Waals surface area contributed by atoms with Crippen molar-refractivity contribution >= 4 is 17.8 Å². The lowest BCUT2D eigenvalue weighted by molar-refractivity contribution is -0.173. The van der Waals surface area contributed by atoms with Gasteiger partial charge < -0.3 is 15.3 Å². The SMILES string of the molecule is O=C(O)C1CCCN(CCNC(=O)C(F)(F)F)C1=O. The molecule has 1 aliphatic heterocycles. The number of hydrogen-bond acceptors (Lipinski definition) is 3. The Labute approximate surface area is 106 Å². The third kappa shape index (κ3) is 4.11. The van der Waals surface area contributed by atoms with Crippen LogP contribution in [0.3, 0.4) is 0 Å². The average molecular weight is 282 g/mol. The van der Waals surface area contributed by atoms with Crippen LogP contribution in [0.15, 0.2) is 0 Å². The van der Waals surface area contributed by atoms with Crippen molar-refractivity contribution in [2.24, 2.45) is 5.92 Å². The first-order chi connectivity index (χ1) is 8.73. The molecule has 1 fully saturated rings. The van der Waals surface area contributed by atoms with Crippen molar-refractivity contribution < 1.29 is 32.7 Å². The van der Waals surface area contributed by atoms with Crippen molar-refractivity contribution in [3.05, 3.63) is 0 Å². The van der Waals surface area contributed by atoms with E-state index in [2.05, 4.69) is 0 Å². The number of hydrogen-bond donors (Lipinski definition) is 2. The highest BCUT2D eigenvalue weighted by atomic mass is 19.4. The molecule has 1 aliphatic rings. The van der Waals surface area contributed by atoms with E-state index in [1.165, 1.54) is 0 Å². The number of carboxylic acids is 1. The van der Waals surface area contributed by atoms with Crippen molar-refractivity contribution in [3.63, 3.8) is 0 Å². The van der Waals surface area contributed by atoms with Crippen LogP contribution in [0.2, 0.25) is 0 Å². The summed E-state index contributed by atoms with van der Waals surface area (Å²) < 4.78 is 35.7. The standard InChI is InChI=1S/C10H13F3N2O4/c11-10(12,13)9(19)14-3-5-15-4-1-2-6(7(15)16)8(17)18/h6H,1-5H2,(H,14,19)(H,17,18). The maximum absolute atomic E-state index is 11.9. The first kappa shape index (κ1) is 15.3. The van der Waals surface area contributed by atoms with Crippen LogP contribution in [-0.4, -0.2) is 53.6 Å². The van der Waals surface area contributed by atoms with E-state index in [0.717, 1.165) is 4.90 Å². The van der Waals surface area contributed by atoms with Crippen LogP contribution in [0.25, 0.3) is 0 Å². The Balaban J connectivity index is 2.43. The maximum Gasteiger partial charge on any atom is 0.471 e. The number of likely N-dealkylation sites (tertiary alicyclic amines) is 1. The number of piperidine rings is 1. The number of aliphatic carboxylic acids is 1. The molecule has 0 aromatic carbocycles. The van der Waals surface area contributed by atoms with Gasteiger partial charge in [-0.05, 0) is 12.8 Å². The van der Waals surface area contributed by atoms with E-state index in [-0.39, 0.29) is 26.1 Å². The molecular formula is C10H13F3N2O4. The van der Waals surface area contributed by atoms with Gasteiger partial charge in [0.1, 0.15) is 5.92 Å². The lowest BCUT2D eigenvalue weighted by Gasteiger charge is -2.30. The monoisotopic (exact) mass is 282 g/mol. The Morgan fingerprint density at radius 2 is 2.05 bits per heavy atom. The van der Waals surface area contributed by atoms with Crippen LogP contribution >= 0.6 is 0 Å². The van der Waals surface area contributed by atoms with Crippen LogP contribution in [0, 0.1) is 5.92 Å². The molecule has 0 aliphatic carbocycles. The Morgan fingerprint density at radius 1 is 1.42 bits per heavy atom. The van der Waals surface area contributed by atoms with E-state index in [4.69, 9.17) is 5.11 Å². The number of carbonyl (C=O) groups is 3. The van der Waals surface area contributed by atoms with E-state index >= 15 is 0 Å². The van der Waals surface area contributed by atoms with Crippen molar-refractivity contribution in [1.82, 2.24) is 10.2 Å². The number of nitrogens with one attached hydrogen (secondary N) is 1. The van der Waals surface area contributed by atoms with Gasteiger partial charge in [-0.3, -0.25) is 14.4 Å². The number of rotatable bonds is 4. The zero-order chi connectivity index (χ0) is 14.6. The maximum atomic E-state index is 11.9. The second kappa shape index (κ2) is 5.89. The molecule has 0 spiro atoms. The van der Waals surface area contributed by atoms with Crippen molar-refractivity contribution in [2.75, 3.05) is 19.6 Å². The molecule has 0 saturated carbocycles. The summed E-state index contributed by atoms with van der Waals surface area (Å²) in [7, 11) is 0. The predicted molar refractivity (Wildman–Crippen MR) is 56.0 cm³/mol. The largest absolute Gasteiger partial charge is 0.481 e. The lowest BCUT2D eigenvalue weighted by Crippen LogP contribution is -2.48. The number of amides is 2. The fourth-order valence-corrected chi connectivity index (χ4v) is 1.80. The molecule has 108 valence electrons. The summed E-state index contributed by atoms with van der Waals surface area (Å²) in [5, 5.41) is 10.4. The molecule has 1 saturated heterocycles. The summed E-state index contributed by atoms with van der Waals surface area (Å²) >= 11 is 0. The number of nitrogens with zero attached hydrogens (tertiary/aromatic N) is 1. The van der Waals surface area contributed by atoms with E-state index in [9.17, 15) is 27.6 Å². The molecular weight excluding hydrogens is 269 g/mol. The van der Waals surface area contributed by atoms with E-state index in [0.29, 0.717) is 6.42 Å². The number of carboxylic acid groups (broad SMARTS) is 1. The van der Waals surface area contributed by atoms with Gasteiger partial charge in [-0.25, -0.2) is 0 Å². The van der Waals surface area contributed by atoms with Gasteiger partial charge in [0.05, 0.1) is 0 Å². The molecule has 19 heavy (non-hydrogen) atoms. The highest BCUT2D eigenvalue weighted by Crippen LogP contribution is 2.18. The first-order valence-corrected chi connectivity index (χ1v) is 5.60. The average Bonchev–Trinajstić information content (AvgIpc) is 2.29. The van der Waals surface area contributed by atoms with Gasteiger partial charge in [-0.15, -0.1) is 0 Å². The summed E-state index contributed by atoms with van der Waals surface area (Å²) in [4.78, 5) is 34.1. The smallest absolute Gasteiger partial charge is 0.471 e. The second-order valence-corrected chi connectivity index (χ2v) is 4.11. The third-order valence-corrected chi connectivity index (χ3v) is 2.75. The van der Waals surface area contributed by atoms with Crippen molar-refractivity contribution in [2.45, 2.75) is 19.0 Å². The molecule has 0 radical (unpaired) electrons. The highest BCUT2D eigenvalue weighted by molar-refractivity contribution is 5.97. The normalized spacial score (nSPS) is 20.3. The summed E-state index contributed by atoms with van der Waals surface area (Å²) in [6, 6.07) is 0. The van der Waals surface area contributed by atoms with E-state index in [1.54, 1.807) is 5.32 Å². The van der Waals surface area contributed by atoms with Crippen LogP contribution in [0.4, 0.5) is 13.2 Å². The minimum Gasteiger partial charge on any atom is -0.481 e. The molecule has 2 amide bonds. The third-order valence-electron chi connectivity index (χ3n) is 2.75. The van der Waals surface area contributed by atoms with Gasteiger partial charge in [0.15, 0.2) is 0 Å². The number of carbonyl (C=O) groups excluding carboxylic acids is 2. The van der Waals surface area contributed by atoms with Gasteiger partial charge in [-0.2, -0.15) is 13.2 Å². The fourth-order valence-electron chi connectivity index (χ4n) is 1.80. The van der Waals surface area contributed by atoms with Gasteiger partial charge in [0.25, 0.3) is 0 Å². The summed E-state index contributed by atoms with van der Waals surface area (Å²) in [5.41, 5.74) is 0. The summed E-state index contributed by atoms with van der Waals surface area (Å²) in [5.74, 6) is -5.09. The number of halogens is 3. The second-order valence-electron chi connectivity index (χ2n) is 4.11. The fraction of sp³-hybridized carbons (Fsp3) is 0.700. The molecule has 2 N–H and O–H groups in total. The van der Waals surface area contributed by atoms with Crippen LogP contribution < -0.4 is 5.32 Å². The Hall–Kier alpha value is -1.80. The van der Waals surface area contributed by atoms with E-state index in [1.807, 2.05) is 0 Å². The van der Waals surface area contributed by atoms with Crippen molar-refractivity contribution in [3.8, 4) is 0 Å². The Bertz CT molecular complexity index is 383. The van der Waals surface area contributed by atoms with Crippen LogP contribution in [0.1, 0.15) is 12.8 Å². The van der Waals surface area contributed by atoms with Gasteiger partial charge in [0.2, 0.25) is 5.91 Å². The molecule has 1 heterocycles. The Kier molecular flexibility index (Phi) is 4.73. The zero-order valence-electron chi connectivity index (χ0n) is 9.87. The topological polar surface area (TPSA) is 86.7 Å². The van der Waals surface area contributed by atoms with Crippen molar-refractivity contribution in [1.29, 1.82) is 0 Å². The zero-order valence-corrected chi connectivity index (χ0v) is 9.87. The predicted octanol–water partition coefficient (Wildman–Crippen LogP) is -0.0119. The molecule has 0 aromatic heterocycles. The molecule has 0 bridgehead atoms. The Morgan fingerprint density at radius 3 is 2.58 bits per heavy atom. The van der Waals surface area contributed by atoms with Crippen LogP contribution in [-0.2, 0) is 14.4 Å². The summed E-state index contributed by atoms with van der Waals surface area (Å²) in [6.45, 7) is -0.217. The molecule has 6 nitrogen and oxygen atoms in total. The van der Waals surface area contributed by atoms with Gasteiger partial charge in [0, 0.05) is 19.6 Å². The molecule has 1 atom stereocenters. The first-order valence-electron chi connectivity index (χ1n) is 5.60. The molecule has 1 unspecified atom stereocenters. The van der Waals surface area contributed by atoms with Gasteiger partial charge >= 0.3 is 18.1 Å². The van der Waals surface area contributed by atoms with Gasteiger partial charge in [-0.1, -0.05) is 0 Å².